The van der Waals surface area contributed by atoms with Crippen molar-refractivity contribution in [3.8, 4) is 0 Å². The van der Waals surface area contributed by atoms with Crippen LogP contribution in [0, 0.1) is 5.82 Å². The van der Waals surface area contributed by atoms with Gasteiger partial charge in [0.25, 0.3) is 5.91 Å². The summed E-state index contributed by atoms with van der Waals surface area (Å²) in [6.45, 7) is 0. The molecular formula is C17H14ClFN4O3. The van der Waals surface area contributed by atoms with E-state index in [4.69, 9.17) is 16.7 Å². The monoisotopic (exact) mass is 376 g/mol. The Morgan fingerprint density at radius 2 is 2.08 bits per heavy atom. The molecule has 1 heterocycles. The first kappa shape index (κ1) is 17.8. The highest BCUT2D eigenvalue weighted by molar-refractivity contribution is 6.31. The van der Waals surface area contributed by atoms with Gasteiger partial charge in [0.1, 0.15) is 11.0 Å². The van der Waals surface area contributed by atoms with Crippen molar-refractivity contribution in [1.29, 1.82) is 0 Å². The summed E-state index contributed by atoms with van der Waals surface area (Å²) in [6, 6.07) is 8.68. The number of nitrogens with one attached hydrogen (secondary N) is 2. The lowest BCUT2D eigenvalue weighted by Crippen LogP contribution is -2.38. The second-order valence-electron chi connectivity index (χ2n) is 5.73. The molecule has 134 valence electrons. The zero-order chi connectivity index (χ0) is 18.7. The van der Waals surface area contributed by atoms with E-state index in [2.05, 4.69) is 20.7 Å². The normalized spacial score (nSPS) is 12.1. The van der Waals surface area contributed by atoms with Gasteiger partial charge in [-0.15, -0.1) is 5.10 Å². The number of carboxylic acid groups (broad SMARTS) is 1. The molecule has 0 saturated carbocycles. The minimum absolute atomic E-state index is 0.0263. The molecule has 1 aromatic heterocycles. The summed E-state index contributed by atoms with van der Waals surface area (Å²) >= 11 is 6.10. The van der Waals surface area contributed by atoms with Crippen LogP contribution in [0.15, 0.2) is 36.4 Å². The third kappa shape index (κ3) is 3.97. The molecule has 0 fully saturated rings. The second kappa shape index (κ2) is 7.49. The number of hydrogen-bond acceptors (Lipinski definition) is 4. The molecule has 0 aliphatic carbocycles. The smallest absolute Gasteiger partial charge is 0.305 e. The maximum atomic E-state index is 14.0. The predicted molar refractivity (Wildman–Crippen MR) is 92.5 cm³/mol. The number of aromatic amines is 1. The van der Waals surface area contributed by atoms with Crippen LogP contribution in [0.3, 0.4) is 0 Å². The lowest BCUT2D eigenvalue weighted by atomic mass is 10.0. The minimum atomic E-state index is -1.07. The molecule has 1 unspecified atom stereocenters. The standard InChI is InChI=1S/C17H14ClFN4O3/c18-12-4-2-1-3-9(12)5-11(8-15(24)25)20-17(26)10-6-13(19)16-14(7-10)21-23-22-16/h1-4,6-7,11H,5,8H2,(H,20,26)(H,24,25)(H,21,22,23). The quantitative estimate of drug-likeness (QED) is 0.612. The molecule has 0 spiro atoms. The van der Waals surface area contributed by atoms with Crippen molar-refractivity contribution < 1.29 is 19.1 Å². The molecule has 7 nitrogen and oxygen atoms in total. The molecule has 1 atom stereocenters. The fraction of sp³-hybridized carbons (Fsp3) is 0.176. The van der Waals surface area contributed by atoms with E-state index in [1.807, 2.05) is 0 Å². The van der Waals surface area contributed by atoms with Gasteiger partial charge in [0.15, 0.2) is 5.82 Å². The Morgan fingerprint density at radius 1 is 1.31 bits per heavy atom. The van der Waals surface area contributed by atoms with E-state index in [-0.39, 0.29) is 29.4 Å². The summed E-state index contributed by atoms with van der Waals surface area (Å²) < 4.78 is 14.0. The first-order valence-electron chi connectivity index (χ1n) is 7.70. The Kier molecular flexibility index (Phi) is 5.13. The van der Waals surface area contributed by atoms with Gasteiger partial charge in [-0.2, -0.15) is 0 Å². The average Bonchev–Trinajstić information content (AvgIpc) is 3.05. The van der Waals surface area contributed by atoms with Gasteiger partial charge < -0.3 is 10.4 Å². The fourth-order valence-corrected chi connectivity index (χ4v) is 2.84. The predicted octanol–water partition coefficient (Wildman–Crippen LogP) is 2.57. The third-order valence-corrected chi connectivity index (χ3v) is 4.20. The number of amides is 1. The van der Waals surface area contributed by atoms with Crippen LogP contribution >= 0.6 is 11.6 Å². The molecular weight excluding hydrogens is 363 g/mol. The Hall–Kier alpha value is -3.00. The highest BCUT2D eigenvalue weighted by Crippen LogP contribution is 2.19. The van der Waals surface area contributed by atoms with Crippen molar-refractivity contribution in [1.82, 2.24) is 20.7 Å². The van der Waals surface area contributed by atoms with Crippen LogP contribution < -0.4 is 5.32 Å². The average molecular weight is 377 g/mol. The molecule has 9 heteroatoms. The molecule has 3 N–H and O–H groups in total. The number of H-pyrrole nitrogens is 1. The molecule has 3 aromatic rings. The Labute approximate surface area is 152 Å². The number of hydrogen-bond donors (Lipinski definition) is 3. The molecule has 2 aromatic carbocycles. The molecule has 1 amide bonds. The number of carbonyl (C=O) groups excluding carboxylic acids is 1. The first-order chi connectivity index (χ1) is 12.4. The van der Waals surface area contributed by atoms with Crippen molar-refractivity contribution >= 4 is 34.5 Å². The number of nitrogens with zero attached hydrogens (tertiary/aromatic N) is 2. The lowest BCUT2D eigenvalue weighted by Gasteiger charge is -2.18. The molecule has 0 aliphatic heterocycles. The van der Waals surface area contributed by atoms with Gasteiger partial charge in [-0.3, -0.25) is 14.7 Å². The summed E-state index contributed by atoms with van der Waals surface area (Å²) in [6.07, 6.45) is -0.0714. The van der Waals surface area contributed by atoms with E-state index < -0.39 is 23.7 Å². The summed E-state index contributed by atoms with van der Waals surface area (Å²) in [5.41, 5.74) is 1.04. The van der Waals surface area contributed by atoms with Crippen molar-refractivity contribution in [3.05, 3.63) is 58.4 Å². The third-order valence-electron chi connectivity index (χ3n) is 3.83. The molecule has 0 aliphatic rings. The summed E-state index contributed by atoms with van der Waals surface area (Å²) in [5.74, 6) is -2.34. The van der Waals surface area contributed by atoms with Crippen LogP contribution in [0.5, 0.6) is 0 Å². The maximum Gasteiger partial charge on any atom is 0.305 e. The number of carboxylic acids is 1. The molecule has 26 heavy (non-hydrogen) atoms. The number of rotatable bonds is 6. The molecule has 0 saturated heterocycles. The van der Waals surface area contributed by atoms with Crippen LogP contribution in [0.4, 0.5) is 4.39 Å². The van der Waals surface area contributed by atoms with Crippen LogP contribution in [-0.2, 0) is 11.2 Å². The topological polar surface area (TPSA) is 108 Å². The molecule has 0 bridgehead atoms. The number of aromatic nitrogens is 3. The largest absolute Gasteiger partial charge is 0.481 e. The van der Waals surface area contributed by atoms with Crippen LogP contribution in [0.2, 0.25) is 5.02 Å². The van der Waals surface area contributed by atoms with E-state index >= 15 is 0 Å². The lowest BCUT2D eigenvalue weighted by molar-refractivity contribution is -0.137. The van der Waals surface area contributed by atoms with Crippen molar-refractivity contribution in [2.24, 2.45) is 0 Å². The van der Waals surface area contributed by atoms with E-state index in [1.54, 1.807) is 24.3 Å². The molecule has 0 radical (unpaired) electrons. The fourth-order valence-electron chi connectivity index (χ4n) is 2.62. The summed E-state index contributed by atoms with van der Waals surface area (Å²) in [4.78, 5) is 23.6. The van der Waals surface area contributed by atoms with Crippen LogP contribution in [-0.4, -0.2) is 38.4 Å². The van der Waals surface area contributed by atoms with Crippen LogP contribution in [0.1, 0.15) is 22.3 Å². The zero-order valence-corrected chi connectivity index (χ0v) is 14.1. The van der Waals surface area contributed by atoms with E-state index in [1.165, 1.54) is 6.07 Å². The van der Waals surface area contributed by atoms with Gasteiger partial charge in [-0.25, -0.2) is 4.39 Å². The highest BCUT2D eigenvalue weighted by Gasteiger charge is 2.20. The highest BCUT2D eigenvalue weighted by atomic mass is 35.5. The van der Waals surface area contributed by atoms with E-state index in [0.717, 1.165) is 6.07 Å². The second-order valence-corrected chi connectivity index (χ2v) is 6.13. The number of carbonyl (C=O) groups is 2. The zero-order valence-electron chi connectivity index (χ0n) is 13.4. The van der Waals surface area contributed by atoms with Gasteiger partial charge in [0.05, 0.1) is 6.42 Å². The van der Waals surface area contributed by atoms with Crippen LogP contribution in [0.25, 0.3) is 11.0 Å². The Morgan fingerprint density at radius 3 is 2.81 bits per heavy atom. The Balaban J connectivity index is 1.81. The number of aliphatic carboxylic acids is 1. The first-order valence-corrected chi connectivity index (χ1v) is 8.08. The van der Waals surface area contributed by atoms with Crippen molar-refractivity contribution in [2.45, 2.75) is 18.9 Å². The van der Waals surface area contributed by atoms with Gasteiger partial charge in [-0.05, 0) is 30.2 Å². The number of benzene rings is 2. The van der Waals surface area contributed by atoms with E-state index in [9.17, 15) is 14.0 Å². The number of fused-ring (bicyclic) bond motifs is 1. The van der Waals surface area contributed by atoms with Crippen molar-refractivity contribution in [3.63, 3.8) is 0 Å². The van der Waals surface area contributed by atoms with E-state index in [0.29, 0.717) is 10.6 Å². The van der Waals surface area contributed by atoms with Crippen molar-refractivity contribution in [2.75, 3.05) is 0 Å². The van der Waals surface area contributed by atoms with Gasteiger partial charge in [0, 0.05) is 16.6 Å². The van der Waals surface area contributed by atoms with Gasteiger partial charge in [-0.1, -0.05) is 35.0 Å². The number of halogens is 2. The van der Waals surface area contributed by atoms with Gasteiger partial charge >= 0.3 is 5.97 Å². The maximum absolute atomic E-state index is 14.0. The SMILES string of the molecule is O=C(O)CC(Cc1ccccc1Cl)NC(=O)c1cc(F)c2[nH]nnc2c1. The summed E-state index contributed by atoms with van der Waals surface area (Å²) in [5, 5.41) is 21.8. The van der Waals surface area contributed by atoms with Gasteiger partial charge in [0.2, 0.25) is 0 Å². The molecule has 3 rings (SSSR count). The Bertz CT molecular complexity index is 976. The minimum Gasteiger partial charge on any atom is -0.481 e. The summed E-state index contributed by atoms with van der Waals surface area (Å²) in [7, 11) is 0.